The van der Waals surface area contributed by atoms with Crippen molar-refractivity contribution in [2.45, 2.75) is 6.18 Å². The lowest BCUT2D eigenvalue weighted by Crippen LogP contribution is -2.04. The van der Waals surface area contributed by atoms with Crippen LogP contribution in [0.4, 0.5) is 30.6 Å². The molecule has 0 spiro atoms. The first kappa shape index (κ1) is 19.9. The van der Waals surface area contributed by atoms with Crippen LogP contribution in [0.15, 0.2) is 59.7 Å². The van der Waals surface area contributed by atoms with Crippen molar-refractivity contribution in [3.8, 4) is 0 Å². The van der Waals surface area contributed by atoms with E-state index in [0.717, 1.165) is 12.1 Å². The Morgan fingerprint density at radius 2 is 1.71 bits per heavy atom. The maximum Gasteiger partial charge on any atom is 0.416 e. The van der Waals surface area contributed by atoms with Gasteiger partial charge in [-0.05, 0) is 35.9 Å². The number of rotatable bonds is 5. The van der Waals surface area contributed by atoms with Crippen molar-refractivity contribution in [1.82, 2.24) is 9.97 Å². The molecule has 3 rings (SSSR count). The number of hydrogen-bond donors (Lipinski definition) is 2. The van der Waals surface area contributed by atoms with Gasteiger partial charge in [0.05, 0.1) is 11.8 Å². The van der Waals surface area contributed by atoms with Gasteiger partial charge in [0.1, 0.15) is 11.0 Å². The molecular weight excluding hydrogens is 414 g/mol. The quantitative estimate of drug-likeness (QED) is 0.299. The first-order valence-electron chi connectivity index (χ1n) is 7.83. The normalized spacial score (nSPS) is 11.6. The topological polar surface area (TPSA) is 62.2 Å². The van der Waals surface area contributed by atoms with Crippen LogP contribution in [-0.4, -0.2) is 16.2 Å². The third-order valence-electron chi connectivity index (χ3n) is 3.41. The van der Waals surface area contributed by atoms with Crippen LogP contribution in [0.3, 0.4) is 0 Å². The molecule has 144 valence electrons. The molecule has 2 aromatic carbocycles. The molecule has 0 unspecified atom stereocenters. The molecule has 10 heteroatoms. The molecule has 28 heavy (non-hydrogen) atoms. The summed E-state index contributed by atoms with van der Waals surface area (Å²) in [5, 5.41) is 7.69. The summed E-state index contributed by atoms with van der Waals surface area (Å²) in [7, 11) is 0. The van der Waals surface area contributed by atoms with Crippen LogP contribution < -0.4 is 10.7 Å². The Bertz CT molecular complexity index is 991. The summed E-state index contributed by atoms with van der Waals surface area (Å²) < 4.78 is 37.7. The number of hydrazone groups is 1. The fourth-order valence-corrected chi connectivity index (χ4v) is 2.54. The van der Waals surface area contributed by atoms with Crippen molar-refractivity contribution in [2.75, 3.05) is 10.7 Å². The minimum atomic E-state index is -4.38. The highest BCUT2D eigenvalue weighted by atomic mass is 35.5. The largest absolute Gasteiger partial charge is 0.416 e. The predicted molar refractivity (Wildman–Crippen MR) is 104 cm³/mol. The smallest absolute Gasteiger partial charge is 0.340 e. The van der Waals surface area contributed by atoms with E-state index in [0.29, 0.717) is 22.1 Å². The SMILES string of the molecule is FC(F)(F)c1ccc(/C=N/Nc2nc(Cl)cc(Nc3cccc(Cl)c3)n2)cc1. The number of anilines is 3. The summed E-state index contributed by atoms with van der Waals surface area (Å²) >= 11 is 11.9. The second kappa shape index (κ2) is 8.45. The first-order valence-corrected chi connectivity index (χ1v) is 8.59. The summed E-state index contributed by atoms with van der Waals surface area (Å²) in [5.74, 6) is 0.523. The Kier molecular flexibility index (Phi) is 6.01. The van der Waals surface area contributed by atoms with Gasteiger partial charge in [-0.1, -0.05) is 41.4 Å². The van der Waals surface area contributed by atoms with Crippen molar-refractivity contribution in [3.63, 3.8) is 0 Å². The predicted octanol–water partition coefficient (Wildman–Crippen LogP) is 5.99. The number of nitrogens with zero attached hydrogens (tertiary/aromatic N) is 3. The van der Waals surface area contributed by atoms with E-state index in [1.54, 1.807) is 24.3 Å². The Labute approximate surface area is 168 Å². The standard InChI is InChI=1S/C18H12Cl2F3N5/c19-13-2-1-3-14(8-13)25-16-9-15(20)26-17(27-16)28-24-10-11-4-6-12(7-5-11)18(21,22)23/h1-10H,(H2,25,26,27,28)/b24-10+. The Balaban J connectivity index is 1.69. The fourth-order valence-electron chi connectivity index (χ4n) is 2.17. The van der Waals surface area contributed by atoms with E-state index in [4.69, 9.17) is 23.2 Å². The van der Waals surface area contributed by atoms with Crippen LogP contribution in [0.25, 0.3) is 0 Å². The van der Waals surface area contributed by atoms with Crippen molar-refractivity contribution < 1.29 is 13.2 Å². The van der Waals surface area contributed by atoms with Gasteiger partial charge < -0.3 is 5.32 Å². The maximum absolute atomic E-state index is 12.6. The van der Waals surface area contributed by atoms with Crippen molar-refractivity contribution in [1.29, 1.82) is 0 Å². The van der Waals surface area contributed by atoms with E-state index in [-0.39, 0.29) is 11.1 Å². The highest BCUT2D eigenvalue weighted by Crippen LogP contribution is 2.29. The van der Waals surface area contributed by atoms with Crippen LogP contribution in [0.2, 0.25) is 10.2 Å². The zero-order valence-corrected chi connectivity index (χ0v) is 15.5. The van der Waals surface area contributed by atoms with Gasteiger partial charge in [-0.15, -0.1) is 0 Å². The van der Waals surface area contributed by atoms with Gasteiger partial charge >= 0.3 is 6.18 Å². The van der Waals surface area contributed by atoms with Crippen LogP contribution in [0.1, 0.15) is 11.1 Å². The summed E-state index contributed by atoms with van der Waals surface area (Å²) in [6.45, 7) is 0. The fraction of sp³-hybridized carbons (Fsp3) is 0.0556. The van der Waals surface area contributed by atoms with E-state index in [1.807, 2.05) is 0 Å². The molecule has 0 bridgehead atoms. The third kappa shape index (κ3) is 5.58. The Morgan fingerprint density at radius 3 is 2.39 bits per heavy atom. The van der Waals surface area contributed by atoms with Gasteiger partial charge in [0, 0.05) is 16.8 Å². The Morgan fingerprint density at radius 1 is 0.964 bits per heavy atom. The van der Waals surface area contributed by atoms with E-state index in [1.165, 1.54) is 24.4 Å². The maximum atomic E-state index is 12.6. The molecule has 0 aliphatic rings. The van der Waals surface area contributed by atoms with Crippen LogP contribution in [-0.2, 0) is 6.18 Å². The van der Waals surface area contributed by atoms with Crippen molar-refractivity contribution in [2.24, 2.45) is 5.10 Å². The molecule has 2 N–H and O–H groups in total. The van der Waals surface area contributed by atoms with E-state index >= 15 is 0 Å². The number of hydrogen-bond acceptors (Lipinski definition) is 5. The molecule has 5 nitrogen and oxygen atoms in total. The van der Waals surface area contributed by atoms with Crippen molar-refractivity contribution in [3.05, 3.63) is 75.9 Å². The molecule has 0 atom stereocenters. The molecule has 1 aromatic heterocycles. The molecule has 0 fully saturated rings. The second-order valence-electron chi connectivity index (χ2n) is 5.52. The lowest BCUT2D eigenvalue weighted by atomic mass is 10.1. The van der Waals surface area contributed by atoms with E-state index < -0.39 is 11.7 Å². The summed E-state index contributed by atoms with van der Waals surface area (Å²) in [6, 6.07) is 13.1. The number of alkyl halides is 3. The van der Waals surface area contributed by atoms with Gasteiger partial charge in [-0.25, -0.2) is 5.43 Å². The Hall–Kier alpha value is -2.84. The minimum absolute atomic E-state index is 0.111. The zero-order valence-electron chi connectivity index (χ0n) is 14.0. The average Bonchev–Trinajstić information content (AvgIpc) is 2.61. The van der Waals surface area contributed by atoms with Crippen LogP contribution in [0.5, 0.6) is 0 Å². The summed E-state index contributed by atoms with van der Waals surface area (Å²) in [4.78, 5) is 8.20. The monoisotopic (exact) mass is 425 g/mol. The molecule has 1 heterocycles. The number of benzene rings is 2. The molecule has 0 saturated carbocycles. The zero-order chi connectivity index (χ0) is 20.1. The molecule has 0 aliphatic carbocycles. The lowest BCUT2D eigenvalue weighted by molar-refractivity contribution is -0.137. The summed E-state index contributed by atoms with van der Waals surface area (Å²) in [6.07, 6.45) is -3.04. The lowest BCUT2D eigenvalue weighted by Gasteiger charge is -2.08. The molecule has 0 amide bonds. The van der Waals surface area contributed by atoms with E-state index in [9.17, 15) is 13.2 Å². The number of halogens is 5. The molecule has 0 saturated heterocycles. The minimum Gasteiger partial charge on any atom is -0.340 e. The summed E-state index contributed by atoms with van der Waals surface area (Å²) in [5.41, 5.74) is 3.04. The van der Waals surface area contributed by atoms with Crippen LogP contribution >= 0.6 is 23.2 Å². The average molecular weight is 426 g/mol. The highest BCUT2D eigenvalue weighted by Gasteiger charge is 2.29. The molecule has 0 radical (unpaired) electrons. The van der Waals surface area contributed by atoms with Gasteiger partial charge in [0.2, 0.25) is 5.95 Å². The number of nitrogens with one attached hydrogen (secondary N) is 2. The number of aromatic nitrogens is 2. The third-order valence-corrected chi connectivity index (χ3v) is 3.84. The van der Waals surface area contributed by atoms with Crippen molar-refractivity contribution >= 4 is 46.9 Å². The highest BCUT2D eigenvalue weighted by molar-refractivity contribution is 6.31. The van der Waals surface area contributed by atoms with Crippen LogP contribution in [0, 0.1) is 0 Å². The first-order chi connectivity index (χ1) is 13.3. The van der Waals surface area contributed by atoms with Gasteiger partial charge in [0.25, 0.3) is 0 Å². The molecule has 3 aromatic rings. The molecule has 0 aliphatic heterocycles. The van der Waals surface area contributed by atoms with Gasteiger partial charge in [0.15, 0.2) is 0 Å². The van der Waals surface area contributed by atoms with Gasteiger partial charge in [-0.3, -0.25) is 0 Å². The molecular formula is C18H12Cl2F3N5. The second-order valence-corrected chi connectivity index (χ2v) is 6.35. The van der Waals surface area contributed by atoms with E-state index in [2.05, 4.69) is 25.8 Å². The van der Waals surface area contributed by atoms with Gasteiger partial charge in [-0.2, -0.15) is 28.2 Å².